The second kappa shape index (κ2) is 7.85. The van der Waals surface area contributed by atoms with Gasteiger partial charge in [0.1, 0.15) is 0 Å². The van der Waals surface area contributed by atoms with E-state index in [2.05, 4.69) is 3.97 Å². The summed E-state index contributed by atoms with van der Waals surface area (Å²) in [6.07, 6.45) is 0. The SMILES string of the molecule is O=S(O)OP(=O)([O-])[O-].[Na+].[Na+]. The van der Waals surface area contributed by atoms with Gasteiger partial charge >= 0.3 is 70.5 Å². The Kier molecular flexibility index (Phi) is 14.2. The van der Waals surface area contributed by atoms with E-state index in [0.29, 0.717) is 0 Å². The molecule has 50 valence electrons. The first-order chi connectivity index (χ1) is 3.42. The van der Waals surface area contributed by atoms with Crippen molar-refractivity contribution < 1.29 is 86.2 Å². The van der Waals surface area contributed by atoms with Crippen LogP contribution in [0.3, 0.4) is 0 Å². The Bertz CT molecular complexity index is 139. The zero-order chi connectivity index (χ0) is 6.78. The van der Waals surface area contributed by atoms with E-state index in [-0.39, 0.29) is 59.1 Å². The van der Waals surface area contributed by atoms with E-state index in [4.69, 9.17) is 4.55 Å². The minimum Gasteiger partial charge on any atom is -0.789 e. The number of rotatable bonds is 2. The zero-order valence-electron chi connectivity index (χ0n) is 5.34. The molecule has 10 heavy (non-hydrogen) atoms. The van der Waals surface area contributed by atoms with Gasteiger partial charge in [0.15, 0.2) is 0 Å². The van der Waals surface area contributed by atoms with E-state index in [1.54, 1.807) is 0 Å². The molecule has 0 aliphatic carbocycles. The summed E-state index contributed by atoms with van der Waals surface area (Å²) in [6.45, 7) is 0. The fraction of sp³-hybridized carbons (Fsp3) is 0. The van der Waals surface area contributed by atoms with Crippen molar-refractivity contribution >= 4 is 19.2 Å². The predicted octanol–water partition coefficient (Wildman–Crippen LogP) is -8.02. The third-order valence-electron chi connectivity index (χ3n) is 0.155. The van der Waals surface area contributed by atoms with Crippen LogP contribution < -0.4 is 68.9 Å². The van der Waals surface area contributed by atoms with Crippen LogP contribution in [0.25, 0.3) is 0 Å². The summed E-state index contributed by atoms with van der Waals surface area (Å²) in [5, 5.41) is 0. The number of hydrogen-bond donors (Lipinski definition) is 1. The zero-order valence-corrected chi connectivity index (χ0v) is 11.1. The van der Waals surface area contributed by atoms with Gasteiger partial charge in [-0.15, -0.1) is 0 Å². The normalized spacial score (nSPS) is 12.7. The molecule has 0 radical (unpaired) electrons. The summed E-state index contributed by atoms with van der Waals surface area (Å²) in [5.74, 6) is 0. The van der Waals surface area contributed by atoms with Crippen LogP contribution in [0, 0.1) is 0 Å². The Morgan fingerprint density at radius 3 is 1.70 bits per heavy atom. The molecule has 0 rings (SSSR count). The Labute approximate surface area is 104 Å². The average Bonchev–Trinajstić information content (AvgIpc) is 1.21. The molecule has 0 aromatic rings. The quantitative estimate of drug-likeness (QED) is 0.273. The molecular formula is HNa2O6PS. The average molecular weight is 206 g/mol. The third-order valence-corrected chi connectivity index (χ3v) is 1.40. The molecule has 0 spiro atoms. The Morgan fingerprint density at radius 1 is 1.40 bits per heavy atom. The first kappa shape index (κ1) is 18.1. The summed E-state index contributed by atoms with van der Waals surface area (Å²) in [6, 6.07) is 0. The second-order valence-electron chi connectivity index (χ2n) is 0.739. The van der Waals surface area contributed by atoms with Gasteiger partial charge in [0.2, 0.25) is 0 Å². The molecule has 0 aliphatic rings. The molecule has 6 nitrogen and oxygen atoms in total. The van der Waals surface area contributed by atoms with Gasteiger partial charge in [-0.1, -0.05) is 0 Å². The van der Waals surface area contributed by atoms with Gasteiger partial charge in [0.25, 0.3) is 0 Å². The first-order valence-electron chi connectivity index (χ1n) is 1.25. The molecule has 0 aromatic heterocycles. The maximum atomic E-state index is 9.34. The Morgan fingerprint density at radius 2 is 1.70 bits per heavy atom. The summed E-state index contributed by atoms with van der Waals surface area (Å²) in [7, 11) is -5.27. The molecule has 0 fully saturated rings. The van der Waals surface area contributed by atoms with Crippen LogP contribution >= 0.6 is 7.82 Å². The standard InChI is InChI=1S/2Na.H3O6PS/c;;1-7(2,3)6-8(4)5/h;;(H,4,5)(H2,1,2,3)/q2*+1;/p-2. The smallest absolute Gasteiger partial charge is 0.789 e. The van der Waals surface area contributed by atoms with Crippen LogP contribution in [-0.2, 0) is 19.9 Å². The fourth-order valence-corrected chi connectivity index (χ4v) is 0.703. The van der Waals surface area contributed by atoms with Crippen molar-refractivity contribution in [3.05, 3.63) is 0 Å². The second-order valence-corrected chi connectivity index (χ2v) is 2.66. The minimum atomic E-state index is -5.27. The molecule has 1 N–H and O–H groups in total. The van der Waals surface area contributed by atoms with Gasteiger partial charge in [-0.3, -0.25) is 4.55 Å². The van der Waals surface area contributed by atoms with Gasteiger partial charge in [0, 0.05) is 0 Å². The van der Waals surface area contributed by atoms with E-state index in [0.717, 1.165) is 0 Å². The predicted molar refractivity (Wildman–Crippen MR) is 19.5 cm³/mol. The van der Waals surface area contributed by atoms with Crippen molar-refractivity contribution in [2.24, 2.45) is 0 Å². The van der Waals surface area contributed by atoms with E-state index >= 15 is 0 Å². The van der Waals surface area contributed by atoms with Gasteiger partial charge in [-0.2, -0.15) is 4.21 Å². The first-order valence-corrected chi connectivity index (χ1v) is 3.74. The van der Waals surface area contributed by atoms with Crippen LogP contribution in [0.5, 0.6) is 0 Å². The number of hydrogen-bond acceptors (Lipinski definition) is 5. The van der Waals surface area contributed by atoms with Crippen LogP contribution in [0.15, 0.2) is 0 Å². The summed E-state index contributed by atoms with van der Waals surface area (Å²) in [5.41, 5.74) is 0. The Balaban J connectivity index is -0.000000245. The van der Waals surface area contributed by atoms with Crippen molar-refractivity contribution in [2.45, 2.75) is 0 Å². The van der Waals surface area contributed by atoms with Crippen LogP contribution in [0.4, 0.5) is 0 Å². The topological polar surface area (TPSA) is 110 Å². The molecule has 1 unspecified atom stereocenters. The van der Waals surface area contributed by atoms with Crippen molar-refractivity contribution in [2.75, 3.05) is 0 Å². The largest absolute Gasteiger partial charge is 1.00 e. The monoisotopic (exact) mass is 206 g/mol. The van der Waals surface area contributed by atoms with Gasteiger partial charge in [0.05, 0.1) is 7.82 Å². The molecule has 10 heteroatoms. The van der Waals surface area contributed by atoms with Crippen molar-refractivity contribution in [1.82, 2.24) is 0 Å². The van der Waals surface area contributed by atoms with E-state index < -0.39 is 19.2 Å². The van der Waals surface area contributed by atoms with Crippen molar-refractivity contribution in [1.29, 1.82) is 0 Å². The molecular weight excluding hydrogens is 205 g/mol. The maximum absolute atomic E-state index is 9.34. The summed E-state index contributed by atoms with van der Waals surface area (Å²) >= 11 is -3.02. The molecule has 0 amide bonds. The van der Waals surface area contributed by atoms with Gasteiger partial charge < -0.3 is 14.4 Å². The van der Waals surface area contributed by atoms with Crippen LogP contribution in [-0.4, -0.2) is 8.76 Å². The molecule has 0 heterocycles. The number of phosphoric acid groups is 1. The minimum absolute atomic E-state index is 0. The summed E-state index contributed by atoms with van der Waals surface area (Å²) in [4.78, 5) is 18.7. The maximum Gasteiger partial charge on any atom is 1.00 e. The van der Waals surface area contributed by atoms with Crippen LogP contribution in [0.1, 0.15) is 0 Å². The van der Waals surface area contributed by atoms with E-state index in [1.165, 1.54) is 0 Å². The van der Waals surface area contributed by atoms with Gasteiger partial charge in [-0.25, -0.2) is 3.97 Å². The molecule has 0 aromatic carbocycles. The van der Waals surface area contributed by atoms with E-state index in [1.807, 2.05) is 0 Å². The molecule has 1 atom stereocenters. The molecule has 0 bridgehead atoms. The molecule has 0 saturated heterocycles. The Hall–Kier alpha value is 2.22. The third kappa shape index (κ3) is 16.7. The van der Waals surface area contributed by atoms with Gasteiger partial charge in [-0.05, 0) is 0 Å². The van der Waals surface area contributed by atoms with E-state index in [9.17, 15) is 18.6 Å². The van der Waals surface area contributed by atoms with Crippen LogP contribution in [0.2, 0.25) is 0 Å². The molecule has 0 aliphatic heterocycles. The van der Waals surface area contributed by atoms with Crippen molar-refractivity contribution in [3.63, 3.8) is 0 Å². The fourth-order valence-electron chi connectivity index (χ4n) is 0.0781. The molecule has 0 saturated carbocycles. The summed E-state index contributed by atoms with van der Waals surface area (Å²) < 4.78 is 29.1. The van der Waals surface area contributed by atoms with Crippen molar-refractivity contribution in [3.8, 4) is 0 Å².